The van der Waals surface area contributed by atoms with Crippen LogP contribution in [0.15, 0.2) is 18.2 Å². The van der Waals surface area contributed by atoms with Crippen molar-refractivity contribution in [2.45, 2.75) is 57.0 Å². The van der Waals surface area contributed by atoms with Crippen molar-refractivity contribution in [1.82, 2.24) is 10.2 Å². The van der Waals surface area contributed by atoms with Crippen LogP contribution in [-0.4, -0.2) is 61.8 Å². The van der Waals surface area contributed by atoms with E-state index < -0.39 is 5.54 Å². The molecule has 0 atom stereocenters. The summed E-state index contributed by atoms with van der Waals surface area (Å²) in [6.07, 6.45) is 7.01. The van der Waals surface area contributed by atoms with Crippen molar-refractivity contribution in [2.75, 3.05) is 39.5 Å². The largest absolute Gasteiger partial charge is 0.493 e. The fourth-order valence-corrected chi connectivity index (χ4v) is 5.64. The Morgan fingerprint density at radius 1 is 1.00 bits per heavy atom. The van der Waals surface area contributed by atoms with Gasteiger partial charge < -0.3 is 19.9 Å². The maximum atomic E-state index is 13.1. The predicted molar refractivity (Wildman–Crippen MR) is 111 cm³/mol. The molecule has 7 heteroatoms. The van der Waals surface area contributed by atoms with Gasteiger partial charge in [0.25, 0.3) is 5.91 Å². The van der Waals surface area contributed by atoms with Gasteiger partial charge in [-0.2, -0.15) is 0 Å². The molecule has 1 saturated carbocycles. The molecule has 1 aliphatic carbocycles. The van der Waals surface area contributed by atoms with Gasteiger partial charge in [-0.05, 0) is 36.6 Å². The average Bonchev–Trinajstić information content (AvgIpc) is 3.20. The lowest BCUT2D eigenvalue weighted by Crippen LogP contribution is -3.28. The van der Waals surface area contributed by atoms with Gasteiger partial charge in [-0.3, -0.25) is 4.79 Å². The van der Waals surface area contributed by atoms with E-state index in [1.807, 2.05) is 0 Å². The number of carbonyl (C=O) groups excluding carboxylic acids is 2. The molecule has 0 unspecified atom stereocenters. The third kappa shape index (κ3) is 3.81. The highest BCUT2D eigenvalue weighted by Crippen LogP contribution is 2.32. The Labute approximate surface area is 178 Å². The van der Waals surface area contributed by atoms with E-state index >= 15 is 0 Å². The second kappa shape index (κ2) is 8.19. The highest BCUT2D eigenvalue weighted by Gasteiger charge is 2.51. The standard InChI is InChI=1S/C23H32N4O3/c28-21-23(8-3-1-2-4-9-23)24-22(29)27(21)17-26-12-10-25(11-13-26)16-18-5-6-20-19(15-18)7-14-30-20/h5-6,15H,1-4,7-14,16-17H2,(H,24,29)/p+2. The molecule has 30 heavy (non-hydrogen) atoms. The number of quaternary nitrogens is 2. The molecule has 0 aromatic heterocycles. The minimum Gasteiger partial charge on any atom is -0.493 e. The lowest BCUT2D eigenvalue weighted by molar-refractivity contribution is -1.02. The van der Waals surface area contributed by atoms with E-state index in [4.69, 9.17) is 4.74 Å². The van der Waals surface area contributed by atoms with Gasteiger partial charge in [0.1, 0.15) is 44.0 Å². The first-order valence-corrected chi connectivity index (χ1v) is 11.7. The quantitative estimate of drug-likeness (QED) is 0.583. The van der Waals surface area contributed by atoms with Gasteiger partial charge in [0.05, 0.1) is 6.61 Å². The zero-order valence-corrected chi connectivity index (χ0v) is 17.8. The van der Waals surface area contributed by atoms with Gasteiger partial charge in [-0.1, -0.05) is 25.7 Å². The van der Waals surface area contributed by atoms with E-state index in [0.29, 0.717) is 6.67 Å². The third-order valence-corrected chi connectivity index (χ3v) is 7.46. The Hall–Kier alpha value is -2.12. The van der Waals surface area contributed by atoms with Crippen LogP contribution in [-0.2, 0) is 17.8 Å². The number of imide groups is 1. The molecule has 3 amide bonds. The minimum atomic E-state index is -0.614. The lowest BCUT2D eigenvalue weighted by Gasteiger charge is -2.31. The zero-order chi connectivity index (χ0) is 20.6. The Morgan fingerprint density at radius 3 is 2.50 bits per heavy atom. The smallest absolute Gasteiger partial charge is 0.329 e. The molecule has 0 bridgehead atoms. The van der Waals surface area contributed by atoms with E-state index in [9.17, 15) is 9.59 Å². The van der Waals surface area contributed by atoms with Gasteiger partial charge in [-0.25, -0.2) is 9.69 Å². The summed E-state index contributed by atoms with van der Waals surface area (Å²) >= 11 is 0. The van der Waals surface area contributed by atoms with Crippen LogP contribution in [0.25, 0.3) is 0 Å². The number of ether oxygens (including phenoxy) is 1. The van der Waals surface area contributed by atoms with E-state index in [1.54, 1.807) is 4.90 Å². The van der Waals surface area contributed by atoms with Gasteiger partial charge in [-0.15, -0.1) is 0 Å². The second-order valence-electron chi connectivity index (χ2n) is 9.54. The molecule has 1 spiro atoms. The summed E-state index contributed by atoms with van der Waals surface area (Å²) in [5, 5.41) is 3.07. The molecule has 1 aromatic rings. The Balaban J connectivity index is 1.14. The van der Waals surface area contributed by atoms with Crippen LogP contribution < -0.4 is 19.9 Å². The number of carbonyl (C=O) groups is 2. The van der Waals surface area contributed by atoms with Gasteiger partial charge in [0.2, 0.25) is 0 Å². The highest BCUT2D eigenvalue weighted by atomic mass is 16.5. The maximum absolute atomic E-state index is 13.1. The molecule has 3 heterocycles. The normalized spacial score (nSPS) is 28.2. The molecule has 0 radical (unpaired) electrons. The van der Waals surface area contributed by atoms with Crippen LogP contribution in [0.3, 0.4) is 0 Å². The molecule has 7 nitrogen and oxygen atoms in total. The van der Waals surface area contributed by atoms with Crippen LogP contribution in [0.2, 0.25) is 0 Å². The summed E-state index contributed by atoms with van der Waals surface area (Å²) in [4.78, 5) is 30.2. The number of fused-ring (bicyclic) bond motifs is 1. The molecule has 3 aliphatic heterocycles. The molecule has 1 aromatic carbocycles. The molecule has 3 N–H and O–H groups in total. The van der Waals surface area contributed by atoms with Gasteiger partial charge in [0, 0.05) is 12.0 Å². The monoisotopic (exact) mass is 414 g/mol. The minimum absolute atomic E-state index is 0.0250. The van der Waals surface area contributed by atoms with Gasteiger partial charge >= 0.3 is 6.03 Å². The number of benzene rings is 1. The van der Waals surface area contributed by atoms with Crippen molar-refractivity contribution in [3.63, 3.8) is 0 Å². The zero-order valence-electron chi connectivity index (χ0n) is 17.8. The molecule has 162 valence electrons. The summed E-state index contributed by atoms with van der Waals surface area (Å²) in [6, 6.07) is 6.42. The lowest BCUT2D eigenvalue weighted by atomic mass is 9.90. The van der Waals surface area contributed by atoms with Crippen LogP contribution in [0, 0.1) is 0 Å². The van der Waals surface area contributed by atoms with Crippen LogP contribution in [0.1, 0.15) is 49.7 Å². The highest BCUT2D eigenvalue weighted by molar-refractivity contribution is 6.06. The summed E-state index contributed by atoms with van der Waals surface area (Å²) in [6.45, 7) is 6.47. The van der Waals surface area contributed by atoms with Crippen molar-refractivity contribution < 1.29 is 24.1 Å². The Bertz CT molecular complexity index is 811. The fourth-order valence-electron chi connectivity index (χ4n) is 5.64. The summed E-state index contributed by atoms with van der Waals surface area (Å²) in [5.74, 6) is 1.07. The first-order valence-electron chi connectivity index (χ1n) is 11.7. The van der Waals surface area contributed by atoms with Crippen LogP contribution in [0.5, 0.6) is 5.75 Å². The first kappa shape index (κ1) is 19.8. The number of urea groups is 1. The molecular formula is C23H34N4O3+2. The molecule has 5 rings (SSSR count). The van der Waals surface area contributed by atoms with Crippen molar-refractivity contribution in [3.8, 4) is 5.75 Å². The number of rotatable bonds is 4. The number of nitrogens with zero attached hydrogens (tertiary/aromatic N) is 1. The van der Waals surface area contributed by atoms with Crippen molar-refractivity contribution in [2.24, 2.45) is 0 Å². The number of piperazine rings is 1. The number of hydrogen-bond acceptors (Lipinski definition) is 3. The summed E-state index contributed by atoms with van der Waals surface area (Å²) in [5.41, 5.74) is 2.10. The fraction of sp³-hybridized carbons (Fsp3) is 0.652. The van der Waals surface area contributed by atoms with E-state index in [0.717, 1.165) is 90.0 Å². The van der Waals surface area contributed by atoms with Crippen LogP contribution >= 0.6 is 0 Å². The molecule has 4 aliphatic rings. The predicted octanol–water partition coefficient (Wildman–Crippen LogP) is -0.493. The van der Waals surface area contributed by atoms with Crippen molar-refractivity contribution in [3.05, 3.63) is 29.3 Å². The van der Waals surface area contributed by atoms with Gasteiger partial charge in [0.15, 0.2) is 6.67 Å². The third-order valence-electron chi connectivity index (χ3n) is 7.46. The first-order chi connectivity index (χ1) is 14.6. The number of amides is 3. The topological polar surface area (TPSA) is 67.5 Å². The molecular weight excluding hydrogens is 380 g/mol. The number of nitrogens with one attached hydrogen (secondary N) is 3. The summed E-state index contributed by atoms with van der Waals surface area (Å²) in [7, 11) is 0. The summed E-state index contributed by atoms with van der Waals surface area (Å²) < 4.78 is 5.61. The SMILES string of the molecule is O=C1NC2(CCCCCC2)C(=O)N1C[NH+]1CC[NH+](Cc2ccc3c(c2)CCO3)CC1. The second-order valence-corrected chi connectivity index (χ2v) is 9.54. The average molecular weight is 415 g/mol. The Kier molecular flexibility index (Phi) is 5.41. The van der Waals surface area contributed by atoms with Crippen molar-refractivity contribution >= 4 is 11.9 Å². The van der Waals surface area contributed by atoms with E-state index in [-0.39, 0.29) is 11.9 Å². The maximum Gasteiger partial charge on any atom is 0.329 e. The van der Waals surface area contributed by atoms with Crippen LogP contribution in [0.4, 0.5) is 4.79 Å². The number of hydrogen-bond donors (Lipinski definition) is 3. The molecule has 3 fully saturated rings. The Morgan fingerprint density at radius 2 is 1.73 bits per heavy atom. The van der Waals surface area contributed by atoms with E-state index in [2.05, 4.69) is 23.5 Å². The van der Waals surface area contributed by atoms with E-state index in [1.165, 1.54) is 20.9 Å². The van der Waals surface area contributed by atoms with Crippen molar-refractivity contribution in [1.29, 1.82) is 0 Å². The molecule has 2 saturated heterocycles.